The number of carboxylic acids is 1. The number of carboxylic acid groups (broad SMARTS) is 1. The van der Waals surface area contributed by atoms with E-state index in [9.17, 15) is 14.0 Å². The molecule has 1 amide bonds. The van der Waals surface area contributed by atoms with E-state index in [1.54, 1.807) is 12.1 Å². The molecule has 0 spiro atoms. The zero-order valence-corrected chi connectivity index (χ0v) is 12.2. The summed E-state index contributed by atoms with van der Waals surface area (Å²) in [6.45, 7) is 1.27. The van der Waals surface area contributed by atoms with Crippen LogP contribution in [-0.4, -0.2) is 28.8 Å². The maximum atomic E-state index is 13.1. The van der Waals surface area contributed by atoms with Gasteiger partial charge < -0.3 is 10.4 Å². The third-order valence-corrected chi connectivity index (χ3v) is 3.71. The minimum absolute atomic E-state index is 0.00485. The van der Waals surface area contributed by atoms with Crippen LogP contribution in [0.25, 0.3) is 0 Å². The summed E-state index contributed by atoms with van der Waals surface area (Å²) in [5.41, 5.74) is 0.791. The molecule has 1 rings (SSSR count). The highest BCUT2D eigenvalue weighted by atomic mass is 32.2. The molecule has 1 aromatic rings. The summed E-state index contributed by atoms with van der Waals surface area (Å²) >= 11 is 1.46. The Morgan fingerprint density at radius 2 is 2.24 bits per heavy atom. The van der Waals surface area contributed by atoms with Crippen molar-refractivity contribution in [2.24, 2.45) is 0 Å². The number of hydrogen-bond acceptors (Lipinski definition) is 4. The molecule has 0 saturated heterocycles. The Kier molecular flexibility index (Phi) is 6.69. The minimum atomic E-state index is -1.07. The van der Waals surface area contributed by atoms with Gasteiger partial charge in [-0.2, -0.15) is 17.0 Å². The number of rotatable bonds is 7. The van der Waals surface area contributed by atoms with E-state index in [1.165, 1.54) is 30.8 Å². The van der Waals surface area contributed by atoms with Gasteiger partial charge in [-0.05, 0) is 29.9 Å². The highest BCUT2D eigenvalue weighted by Crippen LogP contribution is 2.17. The SMILES string of the molecule is CC(=O)NC(CCSCc1ccc(F)c(C#N)c1)C(=O)O. The predicted molar refractivity (Wildman–Crippen MR) is 77.1 cm³/mol. The zero-order chi connectivity index (χ0) is 15.8. The maximum Gasteiger partial charge on any atom is 0.326 e. The lowest BCUT2D eigenvalue weighted by atomic mass is 10.1. The van der Waals surface area contributed by atoms with E-state index in [0.29, 0.717) is 17.9 Å². The fourth-order valence-electron chi connectivity index (χ4n) is 1.64. The van der Waals surface area contributed by atoms with Crippen LogP contribution in [0.1, 0.15) is 24.5 Å². The molecule has 21 heavy (non-hydrogen) atoms. The van der Waals surface area contributed by atoms with Crippen molar-refractivity contribution in [3.05, 3.63) is 35.1 Å². The van der Waals surface area contributed by atoms with Gasteiger partial charge in [0.1, 0.15) is 17.9 Å². The largest absolute Gasteiger partial charge is 0.480 e. The molecule has 5 nitrogen and oxygen atoms in total. The predicted octanol–water partition coefficient (Wildman–Crippen LogP) is 1.91. The molecule has 0 aliphatic carbocycles. The first-order valence-corrected chi connectivity index (χ1v) is 7.35. The fourth-order valence-corrected chi connectivity index (χ4v) is 2.60. The quantitative estimate of drug-likeness (QED) is 0.751. The number of amides is 1. The van der Waals surface area contributed by atoms with E-state index >= 15 is 0 Å². The minimum Gasteiger partial charge on any atom is -0.480 e. The molecular weight excluding hydrogens is 295 g/mol. The second-order valence-electron chi connectivity index (χ2n) is 4.36. The molecule has 1 aromatic carbocycles. The van der Waals surface area contributed by atoms with E-state index in [1.807, 2.05) is 0 Å². The summed E-state index contributed by atoms with van der Waals surface area (Å²) in [5.74, 6) is -0.940. The van der Waals surface area contributed by atoms with Gasteiger partial charge in [-0.1, -0.05) is 6.07 Å². The number of thioether (sulfide) groups is 1. The molecule has 1 atom stereocenters. The lowest BCUT2D eigenvalue weighted by molar-refractivity contribution is -0.141. The van der Waals surface area contributed by atoms with Crippen LogP contribution >= 0.6 is 11.8 Å². The summed E-state index contributed by atoms with van der Waals surface area (Å²) in [4.78, 5) is 21.8. The standard InChI is InChI=1S/C14H15FN2O3S/c1-9(18)17-13(14(19)20)4-5-21-8-10-2-3-12(15)11(6-10)7-16/h2-3,6,13H,4-5,8H2,1H3,(H,17,18)(H,19,20). The van der Waals surface area contributed by atoms with E-state index in [0.717, 1.165) is 5.56 Å². The van der Waals surface area contributed by atoms with Crippen molar-refractivity contribution in [3.8, 4) is 6.07 Å². The molecule has 7 heteroatoms. The molecule has 0 aliphatic rings. The van der Waals surface area contributed by atoms with Crippen LogP contribution in [0.5, 0.6) is 0 Å². The Morgan fingerprint density at radius 1 is 1.52 bits per heavy atom. The summed E-state index contributed by atoms with van der Waals surface area (Å²) in [5, 5.41) is 20.0. The van der Waals surface area contributed by atoms with Crippen LogP contribution in [-0.2, 0) is 15.3 Å². The Hall–Kier alpha value is -2.07. The van der Waals surface area contributed by atoms with E-state index in [2.05, 4.69) is 5.32 Å². The van der Waals surface area contributed by atoms with Gasteiger partial charge in [0.15, 0.2) is 0 Å². The Labute approximate surface area is 126 Å². The molecule has 0 aliphatic heterocycles. The van der Waals surface area contributed by atoms with Gasteiger partial charge in [-0.25, -0.2) is 9.18 Å². The molecular formula is C14H15FN2O3S. The summed E-state index contributed by atoms with van der Waals surface area (Å²) in [6.07, 6.45) is 0.298. The van der Waals surface area contributed by atoms with Gasteiger partial charge in [-0.3, -0.25) is 4.79 Å². The monoisotopic (exact) mass is 310 g/mol. The van der Waals surface area contributed by atoms with Gasteiger partial charge >= 0.3 is 5.97 Å². The van der Waals surface area contributed by atoms with Crippen molar-refractivity contribution in [2.45, 2.75) is 25.1 Å². The first-order valence-electron chi connectivity index (χ1n) is 6.20. The number of nitriles is 1. The van der Waals surface area contributed by atoms with Crippen molar-refractivity contribution in [1.29, 1.82) is 5.26 Å². The van der Waals surface area contributed by atoms with Crippen molar-refractivity contribution in [1.82, 2.24) is 5.32 Å². The Balaban J connectivity index is 2.45. The third-order valence-electron chi connectivity index (χ3n) is 2.65. The molecule has 0 aromatic heterocycles. The number of hydrogen-bond donors (Lipinski definition) is 2. The molecule has 0 saturated carbocycles. The number of nitrogens with zero attached hydrogens (tertiary/aromatic N) is 1. The number of carbonyl (C=O) groups is 2. The number of benzene rings is 1. The van der Waals surface area contributed by atoms with E-state index in [-0.39, 0.29) is 11.5 Å². The molecule has 2 N–H and O–H groups in total. The van der Waals surface area contributed by atoms with Gasteiger partial charge in [0, 0.05) is 12.7 Å². The number of nitrogens with one attached hydrogen (secondary N) is 1. The molecule has 1 unspecified atom stereocenters. The number of halogens is 1. The average Bonchev–Trinajstić information content (AvgIpc) is 2.43. The fraction of sp³-hybridized carbons (Fsp3) is 0.357. The molecule has 0 fully saturated rings. The van der Waals surface area contributed by atoms with Gasteiger partial charge in [0.2, 0.25) is 5.91 Å². The summed E-state index contributed by atoms with van der Waals surface area (Å²) in [7, 11) is 0. The number of carbonyl (C=O) groups excluding carboxylic acids is 1. The van der Waals surface area contributed by atoms with Crippen LogP contribution in [0.2, 0.25) is 0 Å². The van der Waals surface area contributed by atoms with Crippen LogP contribution in [0, 0.1) is 17.1 Å². The highest BCUT2D eigenvalue weighted by Gasteiger charge is 2.17. The molecule has 112 valence electrons. The van der Waals surface area contributed by atoms with Crippen LogP contribution < -0.4 is 5.32 Å². The zero-order valence-electron chi connectivity index (χ0n) is 11.4. The molecule has 0 bridgehead atoms. The van der Waals surface area contributed by atoms with Gasteiger partial charge in [0.05, 0.1) is 5.56 Å². The molecule has 0 radical (unpaired) electrons. The molecule has 0 heterocycles. The smallest absolute Gasteiger partial charge is 0.326 e. The number of aliphatic carboxylic acids is 1. The lowest BCUT2D eigenvalue weighted by Crippen LogP contribution is -2.39. The first kappa shape index (κ1) is 17.0. The van der Waals surface area contributed by atoms with Crippen molar-refractivity contribution < 1.29 is 19.1 Å². The lowest BCUT2D eigenvalue weighted by Gasteiger charge is -2.12. The average molecular weight is 310 g/mol. The highest BCUT2D eigenvalue weighted by molar-refractivity contribution is 7.98. The van der Waals surface area contributed by atoms with E-state index < -0.39 is 17.8 Å². The second-order valence-corrected chi connectivity index (χ2v) is 5.46. The van der Waals surface area contributed by atoms with Crippen molar-refractivity contribution in [3.63, 3.8) is 0 Å². The van der Waals surface area contributed by atoms with Crippen molar-refractivity contribution in [2.75, 3.05) is 5.75 Å². The maximum absolute atomic E-state index is 13.1. The second kappa shape index (κ2) is 8.27. The third kappa shape index (κ3) is 5.83. The Bertz CT molecular complexity index is 572. The van der Waals surface area contributed by atoms with Crippen LogP contribution in [0.3, 0.4) is 0 Å². The topological polar surface area (TPSA) is 90.2 Å². The van der Waals surface area contributed by atoms with E-state index in [4.69, 9.17) is 10.4 Å². The van der Waals surface area contributed by atoms with Crippen LogP contribution in [0.15, 0.2) is 18.2 Å². The van der Waals surface area contributed by atoms with Crippen LogP contribution in [0.4, 0.5) is 4.39 Å². The Morgan fingerprint density at radius 3 is 2.81 bits per heavy atom. The van der Waals surface area contributed by atoms with Crippen molar-refractivity contribution >= 4 is 23.6 Å². The summed E-state index contributed by atoms with van der Waals surface area (Å²) in [6, 6.07) is 5.17. The van der Waals surface area contributed by atoms with Gasteiger partial charge in [0.25, 0.3) is 0 Å². The summed E-state index contributed by atoms with van der Waals surface area (Å²) < 4.78 is 13.1. The van der Waals surface area contributed by atoms with Gasteiger partial charge in [-0.15, -0.1) is 0 Å². The normalized spacial score (nSPS) is 11.5. The first-order chi connectivity index (χ1) is 9.93.